The Morgan fingerprint density at radius 1 is 1.11 bits per heavy atom. The van der Waals surface area contributed by atoms with Crippen molar-refractivity contribution < 1.29 is 14.3 Å². The number of hydrogen-bond donors (Lipinski definition) is 1. The number of nitrogens with one attached hydrogen (secondary N) is 1. The summed E-state index contributed by atoms with van der Waals surface area (Å²) < 4.78 is 11.5. The van der Waals surface area contributed by atoms with Crippen molar-refractivity contribution in [1.29, 1.82) is 0 Å². The van der Waals surface area contributed by atoms with Gasteiger partial charge < -0.3 is 19.7 Å². The number of rotatable bonds is 4. The number of benzene rings is 1. The molecule has 1 aromatic carbocycles. The number of carbonyl (C=O) groups is 1. The van der Waals surface area contributed by atoms with Crippen molar-refractivity contribution in [2.45, 2.75) is 37.5 Å². The number of para-hydroxylation sites is 1. The van der Waals surface area contributed by atoms with Crippen LogP contribution in [0.25, 0.3) is 0 Å². The molecule has 3 atom stereocenters. The zero-order valence-electron chi connectivity index (χ0n) is 15.8. The fourth-order valence-corrected chi connectivity index (χ4v) is 4.77. The monoisotopic (exact) mass is 371 g/mol. The van der Waals surface area contributed by atoms with Crippen LogP contribution in [0.4, 0.5) is 5.69 Å². The third-order valence-corrected chi connectivity index (χ3v) is 6.43. The van der Waals surface area contributed by atoms with Gasteiger partial charge in [-0.3, -0.25) is 9.69 Å². The average Bonchev–Trinajstić information content (AvgIpc) is 3.48. The van der Waals surface area contributed by atoms with Crippen molar-refractivity contribution in [2.24, 2.45) is 5.92 Å². The van der Waals surface area contributed by atoms with Crippen LogP contribution in [0.15, 0.2) is 24.3 Å². The van der Waals surface area contributed by atoms with Crippen molar-refractivity contribution in [3.63, 3.8) is 0 Å². The number of amides is 1. The topological polar surface area (TPSA) is 54.0 Å². The molecule has 0 unspecified atom stereocenters. The fraction of sp³-hybridized carbons (Fsp3) is 0.667. The molecule has 146 valence electrons. The molecular weight excluding hydrogens is 342 g/mol. The van der Waals surface area contributed by atoms with Crippen LogP contribution in [0, 0.1) is 5.92 Å². The third kappa shape index (κ3) is 3.71. The molecule has 3 heterocycles. The van der Waals surface area contributed by atoms with Gasteiger partial charge in [0.05, 0.1) is 31.5 Å². The van der Waals surface area contributed by atoms with Gasteiger partial charge in [-0.15, -0.1) is 0 Å². The van der Waals surface area contributed by atoms with Crippen molar-refractivity contribution in [3.05, 3.63) is 29.8 Å². The molecule has 1 aliphatic carbocycles. The summed E-state index contributed by atoms with van der Waals surface area (Å²) in [5.41, 5.74) is 1.79. The summed E-state index contributed by atoms with van der Waals surface area (Å²) in [5, 5.41) is 3.30. The standard InChI is InChI=1S/C21H29N3O3/c25-21(18-3-1-2-4-19(18)23-7-9-26-10-8-23)22-16-11-17-14-27-20(15-5-6-15)13-24(17)12-16/h1-4,15-17,20H,5-14H2,(H,22,25)/t16-,17+,20+/m1/s1. The molecule has 1 saturated carbocycles. The minimum absolute atomic E-state index is 0.0431. The Bertz CT molecular complexity index is 687. The summed E-state index contributed by atoms with van der Waals surface area (Å²) in [5.74, 6) is 0.821. The lowest BCUT2D eigenvalue weighted by Gasteiger charge is -2.35. The number of carbonyl (C=O) groups excluding carboxylic acids is 1. The number of hydrogen-bond acceptors (Lipinski definition) is 5. The molecule has 1 amide bonds. The largest absolute Gasteiger partial charge is 0.378 e. The van der Waals surface area contributed by atoms with E-state index in [9.17, 15) is 4.79 Å². The SMILES string of the molecule is O=C(N[C@@H]1C[C@H]2CO[C@H](C3CC3)CN2C1)c1ccccc1N1CCOCC1. The van der Waals surface area contributed by atoms with Crippen molar-refractivity contribution >= 4 is 11.6 Å². The van der Waals surface area contributed by atoms with Gasteiger partial charge in [-0.05, 0) is 37.3 Å². The highest BCUT2D eigenvalue weighted by molar-refractivity contribution is 6.00. The van der Waals surface area contributed by atoms with Crippen LogP contribution < -0.4 is 10.2 Å². The molecule has 0 radical (unpaired) electrons. The van der Waals surface area contributed by atoms with E-state index in [-0.39, 0.29) is 11.9 Å². The Morgan fingerprint density at radius 3 is 2.74 bits per heavy atom. The van der Waals surface area contributed by atoms with Crippen molar-refractivity contribution in [1.82, 2.24) is 10.2 Å². The third-order valence-electron chi connectivity index (χ3n) is 6.43. The number of ether oxygens (including phenoxy) is 2. The normalized spacial score (nSPS) is 31.6. The zero-order chi connectivity index (χ0) is 18.2. The lowest BCUT2D eigenvalue weighted by atomic mass is 10.1. The Kier molecular flexibility index (Phi) is 4.80. The first-order valence-corrected chi connectivity index (χ1v) is 10.4. The van der Waals surface area contributed by atoms with E-state index < -0.39 is 0 Å². The van der Waals surface area contributed by atoms with Crippen molar-refractivity contribution in [3.8, 4) is 0 Å². The molecular formula is C21H29N3O3. The Balaban J connectivity index is 1.23. The van der Waals surface area contributed by atoms with Crippen LogP contribution in [-0.2, 0) is 9.47 Å². The quantitative estimate of drug-likeness (QED) is 0.869. The summed E-state index contributed by atoms with van der Waals surface area (Å²) >= 11 is 0. The minimum atomic E-state index is 0.0431. The molecule has 0 bridgehead atoms. The molecule has 0 aromatic heterocycles. The van der Waals surface area contributed by atoms with E-state index in [1.165, 1.54) is 12.8 Å². The second kappa shape index (κ2) is 7.41. The predicted octanol–water partition coefficient (Wildman–Crippen LogP) is 1.50. The first-order valence-electron chi connectivity index (χ1n) is 10.4. The first-order chi connectivity index (χ1) is 13.3. The van der Waals surface area contributed by atoms with Gasteiger partial charge in [0.1, 0.15) is 0 Å². The van der Waals surface area contributed by atoms with Crippen molar-refractivity contribution in [2.75, 3.05) is 50.9 Å². The molecule has 1 N–H and O–H groups in total. The molecule has 3 aliphatic heterocycles. The highest BCUT2D eigenvalue weighted by Crippen LogP contribution is 2.38. The van der Waals surface area contributed by atoms with Gasteiger partial charge >= 0.3 is 0 Å². The zero-order valence-corrected chi connectivity index (χ0v) is 15.8. The molecule has 5 rings (SSSR count). The van der Waals surface area contributed by atoms with Gasteiger partial charge in [-0.2, -0.15) is 0 Å². The summed E-state index contributed by atoms with van der Waals surface area (Å²) in [6.45, 7) is 5.91. The van der Waals surface area contributed by atoms with Crippen LogP contribution >= 0.6 is 0 Å². The van der Waals surface area contributed by atoms with E-state index in [1.807, 2.05) is 24.3 Å². The molecule has 4 aliphatic rings. The number of fused-ring (bicyclic) bond motifs is 1. The van der Waals surface area contributed by atoms with Gasteiger partial charge in [0.2, 0.25) is 0 Å². The van der Waals surface area contributed by atoms with Crippen LogP contribution in [0.5, 0.6) is 0 Å². The lowest BCUT2D eigenvalue weighted by Crippen LogP contribution is -2.47. The maximum Gasteiger partial charge on any atom is 0.253 e. The number of anilines is 1. The summed E-state index contributed by atoms with van der Waals surface area (Å²) in [6, 6.07) is 8.61. The Labute approximate surface area is 160 Å². The maximum atomic E-state index is 13.0. The number of morpholine rings is 2. The number of nitrogens with zero attached hydrogens (tertiary/aromatic N) is 2. The van der Waals surface area contributed by atoms with E-state index >= 15 is 0 Å². The van der Waals surface area contributed by atoms with E-state index in [0.29, 0.717) is 12.1 Å². The average molecular weight is 371 g/mol. The molecule has 3 saturated heterocycles. The van der Waals surface area contributed by atoms with E-state index in [2.05, 4.69) is 15.1 Å². The summed E-state index contributed by atoms with van der Waals surface area (Å²) in [7, 11) is 0. The molecule has 6 heteroatoms. The van der Waals surface area contributed by atoms with Gasteiger partial charge in [-0.25, -0.2) is 0 Å². The highest BCUT2D eigenvalue weighted by Gasteiger charge is 2.42. The molecule has 4 fully saturated rings. The van der Waals surface area contributed by atoms with E-state index in [1.54, 1.807) is 0 Å². The molecule has 6 nitrogen and oxygen atoms in total. The predicted molar refractivity (Wildman–Crippen MR) is 103 cm³/mol. The smallest absolute Gasteiger partial charge is 0.253 e. The van der Waals surface area contributed by atoms with E-state index in [0.717, 1.165) is 69.6 Å². The van der Waals surface area contributed by atoms with Crippen LogP contribution in [0.2, 0.25) is 0 Å². The highest BCUT2D eigenvalue weighted by atomic mass is 16.5. The molecule has 27 heavy (non-hydrogen) atoms. The van der Waals surface area contributed by atoms with Gasteiger partial charge in [-0.1, -0.05) is 12.1 Å². The van der Waals surface area contributed by atoms with E-state index in [4.69, 9.17) is 9.47 Å². The van der Waals surface area contributed by atoms with Gasteiger partial charge in [0.15, 0.2) is 0 Å². The minimum Gasteiger partial charge on any atom is -0.378 e. The lowest BCUT2D eigenvalue weighted by molar-refractivity contribution is -0.0581. The Morgan fingerprint density at radius 2 is 1.93 bits per heavy atom. The Hall–Kier alpha value is -1.63. The first kappa shape index (κ1) is 17.5. The summed E-state index contributed by atoms with van der Waals surface area (Å²) in [4.78, 5) is 17.8. The maximum absolute atomic E-state index is 13.0. The second-order valence-electron chi connectivity index (χ2n) is 8.34. The molecule has 0 spiro atoms. The van der Waals surface area contributed by atoms with Crippen LogP contribution in [0.1, 0.15) is 29.6 Å². The summed E-state index contributed by atoms with van der Waals surface area (Å²) in [6.07, 6.45) is 4.05. The van der Waals surface area contributed by atoms with Crippen LogP contribution in [0.3, 0.4) is 0 Å². The second-order valence-corrected chi connectivity index (χ2v) is 8.34. The fourth-order valence-electron chi connectivity index (χ4n) is 4.77. The van der Waals surface area contributed by atoms with Crippen LogP contribution in [-0.4, -0.2) is 75.0 Å². The van der Waals surface area contributed by atoms with Gasteiger partial charge in [0.25, 0.3) is 5.91 Å². The van der Waals surface area contributed by atoms with Gasteiger partial charge in [0, 0.05) is 44.0 Å². The molecule has 1 aromatic rings.